The molecule has 53 heavy (non-hydrogen) atoms. The number of fused-ring (bicyclic) bond motifs is 2. The Balaban J connectivity index is 0.000000137. The molecule has 2 amide bonds. The van der Waals surface area contributed by atoms with Gasteiger partial charge in [-0.1, -0.05) is 42.2 Å². The lowest BCUT2D eigenvalue weighted by molar-refractivity contribution is -0.142. The van der Waals surface area contributed by atoms with Crippen LogP contribution in [-0.2, 0) is 23.7 Å². The Kier molecular flexibility index (Phi) is 12.3. The number of hydrogen-bond donors (Lipinski definition) is 0. The minimum atomic E-state index is -0.0832. The molecule has 10 heteroatoms. The lowest BCUT2D eigenvalue weighted by Gasteiger charge is -2.43. The number of carbonyl (C=O) groups excluding carboxylic acids is 2. The molecule has 0 atom stereocenters. The summed E-state index contributed by atoms with van der Waals surface area (Å²) in [5.41, 5.74) is 5.07. The van der Waals surface area contributed by atoms with Crippen LogP contribution in [0.25, 0.3) is 20.9 Å². The number of hydrogen-bond acceptors (Lipinski definition) is 6. The van der Waals surface area contributed by atoms with Gasteiger partial charge in [0.05, 0.1) is 16.2 Å². The molecule has 4 aliphatic rings. The Morgan fingerprint density at radius 2 is 1.06 bits per heavy atom. The molecule has 0 unspecified atom stereocenters. The van der Waals surface area contributed by atoms with Crippen molar-refractivity contribution in [2.24, 2.45) is 24.9 Å². The van der Waals surface area contributed by atoms with Crippen LogP contribution in [0.2, 0.25) is 0 Å². The Bertz CT molecular complexity index is 2160. The van der Waals surface area contributed by atoms with Gasteiger partial charge in [-0.2, -0.15) is 0 Å². The molecule has 284 valence electrons. The standard InChI is InChI=1S/C12H20N2O.C11H17NO.C11H11NO.C9H9NOS/c1-10-8-12(11(15)14(3)9-10)4-6-13(2)7-5-12;1-9-7-11(5-3-4-6-11)10(13)12(2)8-9;1-8-7-12(2)11(13)10-6-4-3-5-9(8)10;1-6-5-10(2)9(11)7-3-4-12-8(6)7/h9H,4-8H2,1-3H3;8H,3-7H2,1-2H3;3-7H,1-2H3;3-5H,1-2H3. The summed E-state index contributed by atoms with van der Waals surface area (Å²) in [6.45, 7) is 10.4. The second-order valence-electron chi connectivity index (χ2n) is 15.9. The molecule has 9 nitrogen and oxygen atoms in total. The van der Waals surface area contributed by atoms with Crippen LogP contribution in [0.1, 0.15) is 76.3 Å². The summed E-state index contributed by atoms with van der Waals surface area (Å²) in [4.78, 5) is 53.2. The molecule has 1 aliphatic carbocycles. The maximum absolute atomic E-state index is 12.2. The van der Waals surface area contributed by atoms with Crippen molar-refractivity contribution in [1.29, 1.82) is 0 Å². The fourth-order valence-electron chi connectivity index (χ4n) is 8.72. The lowest BCUT2D eigenvalue weighted by atomic mass is 9.71. The van der Waals surface area contributed by atoms with Gasteiger partial charge in [0.1, 0.15) is 0 Å². The molecule has 0 N–H and O–H groups in total. The molecule has 3 aliphatic heterocycles. The van der Waals surface area contributed by atoms with E-state index in [9.17, 15) is 19.2 Å². The van der Waals surface area contributed by atoms with Crippen LogP contribution in [0.5, 0.6) is 0 Å². The zero-order valence-corrected chi connectivity index (χ0v) is 33.9. The lowest BCUT2D eigenvalue weighted by Crippen LogP contribution is -2.49. The second kappa shape index (κ2) is 16.4. The van der Waals surface area contributed by atoms with Crippen molar-refractivity contribution in [1.82, 2.24) is 23.8 Å². The smallest absolute Gasteiger partial charge is 0.259 e. The van der Waals surface area contributed by atoms with Crippen molar-refractivity contribution >= 4 is 44.0 Å². The molecule has 1 saturated carbocycles. The number of aromatic nitrogens is 2. The van der Waals surface area contributed by atoms with Crippen molar-refractivity contribution in [3.8, 4) is 0 Å². The molecule has 0 radical (unpaired) electrons. The number of allylic oxidation sites excluding steroid dienone is 2. The largest absolute Gasteiger partial charge is 0.322 e. The van der Waals surface area contributed by atoms with E-state index in [-0.39, 0.29) is 21.9 Å². The summed E-state index contributed by atoms with van der Waals surface area (Å²) < 4.78 is 4.36. The van der Waals surface area contributed by atoms with Gasteiger partial charge in [0.15, 0.2) is 0 Å². The van der Waals surface area contributed by atoms with Crippen LogP contribution in [0.3, 0.4) is 0 Å². The maximum Gasteiger partial charge on any atom is 0.259 e. The van der Waals surface area contributed by atoms with Gasteiger partial charge in [-0.25, -0.2) is 0 Å². The fraction of sp³-hybridized carbons (Fsp3) is 0.488. The molecule has 2 fully saturated rings. The van der Waals surface area contributed by atoms with E-state index in [0.29, 0.717) is 11.8 Å². The predicted molar refractivity (Wildman–Crippen MR) is 218 cm³/mol. The van der Waals surface area contributed by atoms with E-state index in [1.165, 1.54) is 29.6 Å². The number of pyridine rings is 2. The van der Waals surface area contributed by atoms with Gasteiger partial charge in [0.2, 0.25) is 11.8 Å². The van der Waals surface area contributed by atoms with Crippen molar-refractivity contribution < 1.29 is 9.59 Å². The molecule has 3 aromatic heterocycles. The van der Waals surface area contributed by atoms with E-state index in [1.54, 1.807) is 44.4 Å². The number of aryl methyl sites for hydroxylation is 4. The highest BCUT2D eigenvalue weighted by atomic mass is 32.1. The third-order valence-electron chi connectivity index (χ3n) is 11.4. The molecular weight excluding hydrogens is 683 g/mol. The quantitative estimate of drug-likeness (QED) is 0.186. The maximum atomic E-state index is 12.2. The minimum absolute atomic E-state index is 0.00637. The molecule has 6 heterocycles. The number of piperidine rings is 1. The van der Waals surface area contributed by atoms with Crippen molar-refractivity contribution in [2.75, 3.05) is 34.2 Å². The number of thiophene rings is 1. The van der Waals surface area contributed by atoms with Gasteiger partial charge < -0.3 is 23.8 Å². The summed E-state index contributed by atoms with van der Waals surface area (Å²) in [6, 6.07) is 9.57. The van der Waals surface area contributed by atoms with Gasteiger partial charge >= 0.3 is 0 Å². The highest BCUT2D eigenvalue weighted by Crippen LogP contribution is 2.46. The first-order valence-corrected chi connectivity index (χ1v) is 19.6. The first-order chi connectivity index (χ1) is 25.1. The number of benzene rings is 1. The first kappa shape index (κ1) is 39.9. The molecule has 1 saturated heterocycles. The summed E-state index contributed by atoms with van der Waals surface area (Å²) in [6.07, 6.45) is 16.3. The number of nitrogens with zero attached hydrogens (tertiary/aromatic N) is 5. The van der Waals surface area contributed by atoms with Crippen molar-refractivity contribution in [3.63, 3.8) is 0 Å². The summed E-state index contributed by atoms with van der Waals surface area (Å²) in [7, 11) is 9.46. The minimum Gasteiger partial charge on any atom is -0.322 e. The van der Waals surface area contributed by atoms with Crippen LogP contribution in [0, 0.1) is 24.7 Å². The molecular formula is C43H57N5O4S. The molecule has 4 aromatic rings. The number of amides is 2. The van der Waals surface area contributed by atoms with Gasteiger partial charge in [-0.05, 0) is 120 Å². The summed E-state index contributed by atoms with van der Waals surface area (Å²) in [5, 5.41) is 4.64. The van der Waals surface area contributed by atoms with Gasteiger partial charge in [0, 0.05) is 63.1 Å². The highest BCUT2D eigenvalue weighted by Gasteiger charge is 2.45. The highest BCUT2D eigenvalue weighted by molar-refractivity contribution is 7.17. The topological polar surface area (TPSA) is 87.9 Å². The van der Waals surface area contributed by atoms with Crippen LogP contribution < -0.4 is 11.1 Å². The zero-order chi connectivity index (χ0) is 38.7. The number of rotatable bonds is 0. The van der Waals surface area contributed by atoms with Crippen molar-refractivity contribution in [3.05, 3.63) is 103 Å². The van der Waals surface area contributed by atoms with E-state index >= 15 is 0 Å². The SMILES string of the molecule is CC1=CN(C)C(=O)C2(CCCC2)C1.CC1=CN(C)C(=O)C2(CCN(C)CC2)C1.Cc1cn(C)c(=O)c2ccccc12.Cc1cn(C)c(=O)c2ccsc12. The Hall–Kier alpha value is -4.28. The zero-order valence-electron chi connectivity index (χ0n) is 33.1. The van der Waals surface area contributed by atoms with Crippen LogP contribution >= 0.6 is 11.3 Å². The van der Waals surface area contributed by atoms with E-state index in [1.807, 2.05) is 88.4 Å². The van der Waals surface area contributed by atoms with Crippen LogP contribution in [0.4, 0.5) is 0 Å². The fourth-order valence-corrected chi connectivity index (χ4v) is 9.58. The van der Waals surface area contributed by atoms with Crippen LogP contribution in [-0.4, -0.2) is 69.9 Å². The first-order valence-electron chi connectivity index (χ1n) is 18.7. The number of carbonyl (C=O) groups is 2. The third kappa shape index (κ3) is 8.60. The molecule has 2 spiro atoms. The van der Waals surface area contributed by atoms with E-state index < -0.39 is 0 Å². The Labute approximate surface area is 318 Å². The monoisotopic (exact) mass is 739 g/mol. The average Bonchev–Trinajstić information content (AvgIpc) is 3.81. The molecule has 0 bridgehead atoms. The van der Waals surface area contributed by atoms with E-state index in [4.69, 9.17) is 0 Å². The Morgan fingerprint density at radius 1 is 0.585 bits per heavy atom. The average molecular weight is 740 g/mol. The van der Waals surface area contributed by atoms with Gasteiger partial charge in [-0.15, -0.1) is 11.3 Å². The Morgan fingerprint density at radius 3 is 1.60 bits per heavy atom. The van der Waals surface area contributed by atoms with Gasteiger partial charge in [-0.3, -0.25) is 19.2 Å². The third-order valence-corrected chi connectivity index (χ3v) is 12.4. The molecule has 8 rings (SSSR count). The van der Waals surface area contributed by atoms with E-state index in [0.717, 1.165) is 78.0 Å². The second-order valence-corrected chi connectivity index (χ2v) is 16.8. The number of likely N-dealkylation sites (tertiary alicyclic amines) is 1. The summed E-state index contributed by atoms with van der Waals surface area (Å²) in [5.74, 6) is 0.664. The molecule has 1 aromatic carbocycles. The van der Waals surface area contributed by atoms with Crippen LogP contribution in [0.15, 0.2) is 81.2 Å². The van der Waals surface area contributed by atoms with E-state index in [2.05, 4.69) is 25.8 Å². The predicted octanol–water partition coefficient (Wildman–Crippen LogP) is 7.53. The van der Waals surface area contributed by atoms with Crippen molar-refractivity contribution in [2.45, 2.75) is 79.1 Å². The van der Waals surface area contributed by atoms with Gasteiger partial charge in [0.25, 0.3) is 11.1 Å². The summed E-state index contributed by atoms with van der Waals surface area (Å²) >= 11 is 1.62. The normalized spacial score (nSPS) is 19.3.